The van der Waals surface area contributed by atoms with Gasteiger partial charge in [0, 0.05) is 18.8 Å². The first kappa shape index (κ1) is 10.1. The summed E-state index contributed by atoms with van der Waals surface area (Å²) in [7, 11) is 0. The SMILES string of the molecule is NCCCCCCn1[nH]ccc1=O. The Kier molecular flexibility index (Phi) is 4.32. The van der Waals surface area contributed by atoms with Gasteiger partial charge in [-0.15, -0.1) is 0 Å². The van der Waals surface area contributed by atoms with E-state index in [0.717, 1.165) is 38.8 Å². The first-order valence-corrected chi connectivity index (χ1v) is 4.79. The zero-order valence-corrected chi connectivity index (χ0v) is 7.83. The van der Waals surface area contributed by atoms with Crippen LogP contribution in [0.1, 0.15) is 25.7 Å². The van der Waals surface area contributed by atoms with E-state index in [0.29, 0.717) is 0 Å². The van der Waals surface area contributed by atoms with Gasteiger partial charge in [0.05, 0.1) is 0 Å². The molecule has 0 unspecified atom stereocenters. The summed E-state index contributed by atoms with van der Waals surface area (Å²) in [5.74, 6) is 0. The summed E-state index contributed by atoms with van der Waals surface area (Å²) < 4.78 is 1.63. The van der Waals surface area contributed by atoms with Crippen LogP contribution < -0.4 is 11.3 Å². The second-order valence-electron chi connectivity index (χ2n) is 3.16. The molecule has 0 saturated heterocycles. The molecule has 1 aromatic heterocycles. The van der Waals surface area contributed by atoms with Gasteiger partial charge in [-0.3, -0.25) is 9.48 Å². The summed E-state index contributed by atoms with van der Waals surface area (Å²) in [5.41, 5.74) is 5.42. The van der Waals surface area contributed by atoms with Crippen LogP contribution in [0.3, 0.4) is 0 Å². The van der Waals surface area contributed by atoms with Gasteiger partial charge in [0.25, 0.3) is 5.56 Å². The monoisotopic (exact) mass is 183 g/mol. The molecular weight excluding hydrogens is 166 g/mol. The molecular formula is C9H17N3O. The van der Waals surface area contributed by atoms with Crippen LogP contribution in [0.15, 0.2) is 17.1 Å². The molecule has 74 valence electrons. The predicted molar refractivity (Wildman–Crippen MR) is 52.6 cm³/mol. The molecule has 1 aromatic rings. The maximum atomic E-state index is 11.1. The Morgan fingerprint density at radius 1 is 1.31 bits per heavy atom. The lowest BCUT2D eigenvalue weighted by atomic mass is 10.2. The van der Waals surface area contributed by atoms with Gasteiger partial charge in [-0.2, -0.15) is 0 Å². The van der Waals surface area contributed by atoms with Crippen molar-refractivity contribution in [2.45, 2.75) is 32.2 Å². The molecule has 13 heavy (non-hydrogen) atoms. The standard InChI is InChI=1S/C9H17N3O/c10-6-3-1-2-4-8-12-9(13)5-7-11-12/h5,7,11H,1-4,6,8,10H2. The molecule has 3 N–H and O–H groups in total. The van der Waals surface area contributed by atoms with Crippen molar-refractivity contribution in [1.29, 1.82) is 0 Å². The first-order valence-electron chi connectivity index (χ1n) is 4.79. The number of aromatic nitrogens is 2. The highest BCUT2D eigenvalue weighted by atomic mass is 16.1. The minimum absolute atomic E-state index is 0.0545. The van der Waals surface area contributed by atoms with Gasteiger partial charge in [0.2, 0.25) is 0 Å². The first-order chi connectivity index (χ1) is 6.34. The summed E-state index contributed by atoms with van der Waals surface area (Å²) in [4.78, 5) is 11.1. The normalized spacial score (nSPS) is 10.5. The largest absolute Gasteiger partial charge is 0.330 e. The van der Waals surface area contributed by atoms with Crippen LogP contribution in [0.25, 0.3) is 0 Å². The average Bonchev–Trinajstić information content (AvgIpc) is 2.52. The highest BCUT2D eigenvalue weighted by molar-refractivity contribution is 4.79. The number of hydrogen-bond acceptors (Lipinski definition) is 2. The smallest absolute Gasteiger partial charge is 0.266 e. The van der Waals surface area contributed by atoms with E-state index in [2.05, 4.69) is 5.10 Å². The Balaban J connectivity index is 2.13. The van der Waals surface area contributed by atoms with E-state index in [1.165, 1.54) is 0 Å². The predicted octanol–water partition coefficient (Wildman–Crippen LogP) is 0.695. The number of nitrogens with two attached hydrogens (primary N) is 1. The maximum Gasteiger partial charge on any atom is 0.266 e. The molecule has 0 radical (unpaired) electrons. The summed E-state index contributed by atoms with van der Waals surface area (Å²) >= 11 is 0. The summed E-state index contributed by atoms with van der Waals surface area (Å²) in [6, 6.07) is 1.54. The van der Waals surface area contributed by atoms with Crippen molar-refractivity contribution in [2.24, 2.45) is 5.73 Å². The van der Waals surface area contributed by atoms with Crippen molar-refractivity contribution in [3.05, 3.63) is 22.6 Å². The summed E-state index contributed by atoms with van der Waals surface area (Å²) in [6.07, 6.45) is 6.09. The molecule has 0 atom stereocenters. The molecule has 4 heteroatoms. The third-order valence-electron chi connectivity index (χ3n) is 2.06. The van der Waals surface area contributed by atoms with Crippen LogP contribution in [0.5, 0.6) is 0 Å². The van der Waals surface area contributed by atoms with Crippen molar-refractivity contribution in [3.8, 4) is 0 Å². The van der Waals surface area contributed by atoms with Gasteiger partial charge >= 0.3 is 0 Å². The molecule has 1 rings (SSSR count). The van der Waals surface area contributed by atoms with E-state index in [1.807, 2.05) is 0 Å². The highest BCUT2D eigenvalue weighted by Crippen LogP contribution is 1.99. The number of nitrogens with zero attached hydrogens (tertiary/aromatic N) is 1. The van der Waals surface area contributed by atoms with Crippen molar-refractivity contribution >= 4 is 0 Å². The number of nitrogens with one attached hydrogen (secondary N) is 1. The molecule has 0 saturated carbocycles. The number of hydrogen-bond donors (Lipinski definition) is 2. The van der Waals surface area contributed by atoms with Gasteiger partial charge in [-0.1, -0.05) is 12.8 Å². The topological polar surface area (TPSA) is 63.8 Å². The molecule has 0 aliphatic rings. The average molecular weight is 183 g/mol. The fourth-order valence-corrected chi connectivity index (χ4v) is 1.29. The zero-order valence-electron chi connectivity index (χ0n) is 7.83. The second kappa shape index (κ2) is 5.59. The van der Waals surface area contributed by atoms with Crippen molar-refractivity contribution in [3.63, 3.8) is 0 Å². The van der Waals surface area contributed by atoms with Crippen LogP contribution in [-0.2, 0) is 6.54 Å². The number of rotatable bonds is 6. The Bertz CT molecular complexity index is 276. The number of H-pyrrole nitrogens is 1. The summed E-state index contributed by atoms with van der Waals surface area (Å²) in [6.45, 7) is 1.55. The van der Waals surface area contributed by atoms with E-state index < -0.39 is 0 Å². The van der Waals surface area contributed by atoms with E-state index in [-0.39, 0.29) is 5.56 Å². The van der Waals surface area contributed by atoms with Gasteiger partial charge in [0.15, 0.2) is 0 Å². The van der Waals surface area contributed by atoms with Gasteiger partial charge in [-0.25, -0.2) is 0 Å². The molecule has 0 aromatic carbocycles. The zero-order chi connectivity index (χ0) is 9.52. The molecule has 0 spiro atoms. The molecule has 0 amide bonds. The third-order valence-corrected chi connectivity index (χ3v) is 2.06. The Morgan fingerprint density at radius 2 is 2.08 bits per heavy atom. The number of aryl methyl sites for hydroxylation is 1. The second-order valence-corrected chi connectivity index (χ2v) is 3.16. The van der Waals surface area contributed by atoms with Crippen molar-refractivity contribution in [1.82, 2.24) is 9.78 Å². The quantitative estimate of drug-likeness (QED) is 0.637. The van der Waals surface area contributed by atoms with Crippen molar-refractivity contribution in [2.75, 3.05) is 6.54 Å². The molecule has 0 bridgehead atoms. The minimum Gasteiger partial charge on any atom is -0.330 e. The lowest BCUT2D eigenvalue weighted by molar-refractivity contribution is 0.526. The van der Waals surface area contributed by atoms with Gasteiger partial charge in [-0.05, 0) is 19.4 Å². The van der Waals surface area contributed by atoms with E-state index >= 15 is 0 Å². The van der Waals surface area contributed by atoms with Gasteiger partial charge in [0.1, 0.15) is 0 Å². The van der Waals surface area contributed by atoms with Crippen LogP contribution in [0.2, 0.25) is 0 Å². The Hall–Kier alpha value is -1.03. The summed E-state index contributed by atoms with van der Waals surface area (Å²) in [5, 5.41) is 2.88. The molecule has 4 nitrogen and oxygen atoms in total. The molecule has 0 aliphatic heterocycles. The van der Waals surface area contributed by atoms with Crippen molar-refractivity contribution < 1.29 is 0 Å². The van der Waals surface area contributed by atoms with Crippen LogP contribution in [0.4, 0.5) is 0 Å². The molecule has 1 heterocycles. The molecule has 0 fully saturated rings. The number of aromatic amines is 1. The lowest BCUT2D eigenvalue weighted by Crippen LogP contribution is -2.15. The van der Waals surface area contributed by atoms with Crippen LogP contribution in [-0.4, -0.2) is 16.3 Å². The maximum absolute atomic E-state index is 11.1. The molecule has 0 aliphatic carbocycles. The fraction of sp³-hybridized carbons (Fsp3) is 0.667. The Labute approximate surface area is 77.7 Å². The van der Waals surface area contributed by atoms with Gasteiger partial charge < -0.3 is 10.8 Å². The highest BCUT2D eigenvalue weighted by Gasteiger charge is 1.94. The van der Waals surface area contributed by atoms with E-state index in [1.54, 1.807) is 16.9 Å². The van der Waals surface area contributed by atoms with E-state index in [4.69, 9.17) is 5.73 Å². The number of unbranched alkanes of at least 4 members (excludes halogenated alkanes) is 3. The Morgan fingerprint density at radius 3 is 2.69 bits per heavy atom. The van der Waals surface area contributed by atoms with Crippen LogP contribution in [0, 0.1) is 0 Å². The van der Waals surface area contributed by atoms with Crippen LogP contribution >= 0.6 is 0 Å². The minimum atomic E-state index is 0.0545. The third kappa shape index (κ3) is 3.46. The van der Waals surface area contributed by atoms with E-state index in [9.17, 15) is 4.79 Å². The fourth-order valence-electron chi connectivity index (χ4n) is 1.29. The lowest BCUT2D eigenvalue weighted by Gasteiger charge is -2.00.